The SMILES string of the molecule is COCc1ccc(CNCc2cccs2)s1. The van der Waals surface area contributed by atoms with Gasteiger partial charge in [0, 0.05) is 34.8 Å². The van der Waals surface area contributed by atoms with Crippen molar-refractivity contribution < 1.29 is 4.74 Å². The van der Waals surface area contributed by atoms with Crippen LogP contribution >= 0.6 is 22.7 Å². The Hall–Kier alpha value is -0.680. The van der Waals surface area contributed by atoms with Crippen molar-refractivity contribution in [2.75, 3.05) is 7.11 Å². The van der Waals surface area contributed by atoms with E-state index in [1.54, 1.807) is 18.4 Å². The molecule has 0 atom stereocenters. The first-order valence-electron chi connectivity index (χ1n) is 5.18. The summed E-state index contributed by atoms with van der Waals surface area (Å²) in [4.78, 5) is 4.03. The molecule has 2 nitrogen and oxygen atoms in total. The van der Waals surface area contributed by atoms with Crippen molar-refractivity contribution in [1.82, 2.24) is 5.32 Å². The number of hydrogen-bond acceptors (Lipinski definition) is 4. The maximum atomic E-state index is 5.10. The predicted molar refractivity (Wildman–Crippen MR) is 69.9 cm³/mol. The van der Waals surface area contributed by atoms with Crippen LogP contribution in [0.15, 0.2) is 29.6 Å². The van der Waals surface area contributed by atoms with Crippen LogP contribution in [0.5, 0.6) is 0 Å². The average Bonchev–Trinajstić information content (AvgIpc) is 2.90. The van der Waals surface area contributed by atoms with Gasteiger partial charge in [-0.05, 0) is 23.6 Å². The van der Waals surface area contributed by atoms with E-state index in [4.69, 9.17) is 4.74 Å². The van der Waals surface area contributed by atoms with Gasteiger partial charge in [0.05, 0.1) is 6.61 Å². The standard InChI is InChI=1S/C12H15NOS2/c1-14-9-12-5-4-11(16-12)8-13-7-10-3-2-6-15-10/h2-6,13H,7-9H2,1H3. The summed E-state index contributed by atoms with van der Waals surface area (Å²) in [5.74, 6) is 0. The van der Waals surface area contributed by atoms with E-state index in [0.717, 1.165) is 19.7 Å². The second kappa shape index (κ2) is 6.15. The Balaban J connectivity index is 1.76. The molecule has 0 amide bonds. The minimum Gasteiger partial charge on any atom is -0.379 e. The smallest absolute Gasteiger partial charge is 0.0805 e. The van der Waals surface area contributed by atoms with Gasteiger partial charge in [-0.3, -0.25) is 0 Å². The van der Waals surface area contributed by atoms with Gasteiger partial charge in [-0.15, -0.1) is 22.7 Å². The molecular formula is C12H15NOS2. The third-order valence-corrected chi connectivity index (χ3v) is 4.12. The number of thiophene rings is 2. The average molecular weight is 253 g/mol. The Kier molecular flexibility index (Phi) is 4.54. The lowest BCUT2D eigenvalue weighted by atomic mass is 10.4. The van der Waals surface area contributed by atoms with Gasteiger partial charge in [0.2, 0.25) is 0 Å². The molecule has 0 saturated heterocycles. The lowest BCUT2D eigenvalue weighted by Gasteiger charge is -2.00. The fourth-order valence-electron chi connectivity index (χ4n) is 1.46. The maximum absolute atomic E-state index is 5.10. The monoisotopic (exact) mass is 253 g/mol. The van der Waals surface area contributed by atoms with Gasteiger partial charge in [-0.2, -0.15) is 0 Å². The first-order chi connectivity index (χ1) is 7.88. The van der Waals surface area contributed by atoms with E-state index in [2.05, 4.69) is 35.0 Å². The highest BCUT2D eigenvalue weighted by Gasteiger charge is 1.99. The number of ether oxygens (including phenoxy) is 1. The predicted octanol–water partition coefficient (Wildman–Crippen LogP) is 3.25. The van der Waals surface area contributed by atoms with E-state index >= 15 is 0 Å². The van der Waals surface area contributed by atoms with Crippen molar-refractivity contribution in [3.05, 3.63) is 44.3 Å². The Bertz CT molecular complexity index is 408. The Morgan fingerprint density at radius 2 is 1.94 bits per heavy atom. The van der Waals surface area contributed by atoms with Gasteiger partial charge in [0.1, 0.15) is 0 Å². The summed E-state index contributed by atoms with van der Waals surface area (Å²) in [5.41, 5.74) is 0. The normalized spacial score (nSPS) is 10.8. The number of methoxy groups -OCH3 is 1. The third kappa shape index (κ3) is 3.42. The van der Waals surface area contributed by atoms with Crippen LogP contribution in [0, 0.1) is 0 Å². The summed E-state index contributed by atoms with van der Waals surface area (Å²) in [7, 11) is 1.73. The van der Waals surface area contributed by atoms with Crippen LogP contribution in [0.2, 0.25) is 0 Å². The van der Waals surface area contributed by atoms with Crippen molar-refractivity contribution in [2.45, 2.75) is 19.7 Å². The fraction of sp³-hybridized carbons (Fsp3) is 0.333. The first-order valence-corrected chi connectivity index (χ1v) is 6.87. The van der Waals surface area contributed by atoms with E-state index in [0.29, 0.717) is 0 Å². The Morgan fingerprint density at radius 1 is 1.12 bits per heavy atom. The summed E-state index contributed by atoms with van der Waals surface area (Å²) in [6, 6.07) is 8.54. The summed E-state index contributed by atoms with van der Waals surface area (Å²) in [5, 5.41) is 5.55. The molecule has 86 valence electrons. The molecule has 0 fully saturated rings. The minimum atomic E-state index is 0.718. The molecule has 1 N–H and O–H groups in total. The molecule has 16 heavy (non-hydrogen) atoms. The lowest BCUT2D eigenvalue weighted by molar-refractivity contribution is 0.187. The molecule has 2 aromatic heterocycles. The zero-order valence-corrected chi connectivity index (χ0v) is 10.9. The van der Waals surface area contributed by atoms with E-state index in [-0.39, 0.29) is 0 Å². The molecule has 0 saturated carbocycles. The van der Waals surface area contributed by atoms with Crippen molar-refractivity contribution >= 4 is 22.7 Å². The van der Waals surface area contributed by atoms with Gasteiger partial charge in [-0.1, -0.05) is 6.07 Å². The molecular weight excluding hydrogens is 238 g/mol. The van der Waals surface area contributed by atoms with Gasteiger partial charge in [-0.25, -0.2) is 0 Å². The number of hydrogen-bond donors (Lipinski definition) is 1. The number of nitrogens with one attached hydrogen (secondary N) is 1. The molecule has 2 aromatic rings. The summed E-state index contributed by atoms with van der Waals surface area (Å²) in [6.45, 7) is 2.61. The van der Waals surface area contributed by atoms with Crippen molar-refractivity contribution in [2.24, 2.45) is 0 Å². The van der Waals surface area contributed by atoms with Crippen LogP contribution in [0.25, 0.3) is 0 Å². The molecule has 0 aliphatic heterocycles. The molecule has 4 heteroatoms. The van der Waals surface area contributed by atoms with Gasteiger partial charge < -0.3 is 10.1 Å². The highest BCUT2D eigenvalue weighted by atomic mass is 32.1. The molecule has 0 aliphatic rings. The van der Waals surface area contributed by atoms with Gasteiger partial charge >= 0.3 is 0 Å². The van der Waals surface area contributed by atoms with Crippen LogP contribution in [-0.4, -0.2) is 7.11 Å². The van der Waals surface area contributed by atoms with Crippen LogP contribution in [0.3, 0.4) is 0 Å². The zero-order valence-electron chi connectivity index (χ0n) is 9.23. The summed E-state index contributed by atoms with van der Waals surface area (Å²) < 4.78 is 5.10. The second-order valence-electron chi connectivity index (χ2n) is 3.48. The first kappa shape index (κ1) is 11.8. The van der Waals surface area contributed by atoms with E-state index in [1.165, 1.54) is 14.6 Å². The molecule has 0 bridgehead atoms. The molecule has 0 spiro atoms. The summed E-state index contributed by atoms with van der Waals surface area (Å²) in [6.07, 6.45) is 0. The zero-order chi connectivity index (χ0) is 11.2. The molecule has 0 unspecified atom stereocenters. The molecule has 2 heterocycles. The van der Waals surface area contributed by atoms with E-state index in [1.807, 2.05) is 11.3 Å². The van der Waals surface area contributed by atoms with E-state index < -0.39 is 0 Å². The van der Waals surface area contributed by atoms with Crippen LogP contribution in [0.1, 0.15) is 14.6 Å². The highest BCUT2D eigenvalue weighted by molar-refractivity contribution is 7.12. The molecule has 0 aliphatic carbocycles. The van der Waals surface area contributed by atoms with Crippen molar-refractivity contribution in [1.29, 1.82) is 0 Å². The maximum Gasteiger partial charge on any atom is 0.0805 e. The Labute approximate surface area is 104 Å². The van der Waals surface area contributed by atoms with Crippen molar-refractivity contribution in [3.8, 4) is 0 Å². The number of rotatable bonds is 6. The molecule has 0 radical (unpaired) electrons. The van der Waals surface area contributed by atoms with Crippen LogP contribution in [0.4, 0.5) is 0 Å². The van der Waals surface area contributed by atoms with Crippen LogP contribution < -0.4 is 5.32 Å². The fourth-order valence-corrected chi connectivity index (χ4v) is 3.09. The molecule has 0 aromatic carbocycles. The van der Waals surface area contributed by atoms with E-state index in [9.17, 15) is 0 Å². The molecule has 2 rings (SSSR count). The third-order valence-electron chi connectivity index (χ3n) is 2.18. The minimum absolute atomic E-state index is 0.718. The highest BCUT2D eigenvalue weighted by Crippen LogP contribution is 2.17. The Morgan fingerprint density at radius 3 is 2.69 bits per heavy atom. The second-order valence-corrected chi connectivity index (χ2v) is 5.77. The largest absolute Gasteiger partial charge is 0.379 e. The topological polar surface area (TPSA) is 21.3 Å². The van der Waals surface area contributed by atoms with Crippen LogP contribution in [-0.2, 0) is 24.4 Å². The lowest BCUT2D eigenvalue weighted by Crippen LogP contribution is -2.10. The van der Waals surface area contributed by atoms with Gasteiger partial charge in [0.15, 0.2) is 0 Å². The van der Waals surface area contributed by atoms with Gasteiger partial charge in [0.25, 0.3) is 0 Å². The van der Waals surface area contributed by atoms with Crippen molar-refractivity contribution in [3.63, 3.8) is 0 Å². The quantitative estimate of drug-likeness (QED) is 0.853. The summed E-state index contributed by atoms with van der Waals surface area (Å²) >= 11 is 3.60.